The molecular formula is C10H18N4O3. The van der Waals surface area contributed by atoms with Crippen LogP contribution in [0, 0.1) is 0 Å². The summed E-state index contributed by atoms with van der Waals surface area (Å²) in [6, 6.07) is -0.371. The highest BCUT2D eigenvalue weighted by atomic mass is 16.2. The molecule has 3 amide bonds. The number of primary amides is 1. The molecule has 1 aliphatic heterocycles. The maximum atomic E-state index is 11.6. The highest BCUT2D eigenvalue weighted by Crippen LogP contribution is 1.93. The van der Waals surface area contributed by atoms with Crippen LogP contribution >= 0.6 is 0 Å². The summed E-state index contributed by atoms with van der Waals surface area (Å²) in [6.07, 6.45) is 1.73. The maximum Gasteiger partial charge on any atom is 0.238 e. The first-order valence-electron chi connectivity index (χ1n) is 5.65. The van der Waals surface area contributed by atoms with E-state index in [4.69, 9.17) is 5.73 Å². The van der Waals surface area contributed by atoms with Crippen molar-refractivity contribution in [3.8, 4) is 0 Å². The van der Waals surface area contributed by atoms with Gasteiger partial charge in [0.1, 0.15) is 6.04 Å². The van der Waals surface area contributed by atoms with Crippen molar-refractivity contribution in [2.75, 3.05) is 19.6 Å². The number of hydrogen-bond acceptors (Lipinski definition) is 4. The fourth-order valence-corrected chi connectivity index (χ4v) is 1.51. The molecule has 0 bridgehead atoms. The summed E-state index contributed by atoms with van der Waals surface area (Å²) < 4.78 is 0. The van der Waals surface area contributed by atoms with E-state index in [-0.39, 0.29) is 30.3 Å². The van der Waals surface area contributed by atoms with Crippen molar-refractivity contribution in [1.29, 1.82) is 0 Å². The quantitative estimate of drug-likeness (QED) is 0.397. The van der Waals surface area contributed by atoms with Gasteiger partial charge in [0.05, 0.1) is 6.54 Å². The number of piperazine rings is 1. The van der Waals surface area contributed by atoms with Gasteiger partial charge < -0.3 is 16.4 Å². The second-order valence-electron chi connectivity index (χ2n) is 3.95. The fraction of sp³-hybridized carbons (Fsp3) is 0.700. The van der Waals surface area contributed by atoms with Gasteiger partial charge in [0, 0.05) is 19.5 Å². The lowest BCUT2D eigenvalue weighted by atomic mass is 10.2. The summed E-state index contributed by atoms with van der Waals surface area (Å²) in [5, 5.41) is 8.17. The van der Waals surface area contributed by atoms with Gasteiger partial charge in [-0.05, 0) is 12.8 Å². The molecule has 1 fully saturated rings. The molecule has 5 N–H and O–H groups in total. The second kappa shape index (κ2) is 6.85. The van der Waals surface area contributed by atoms with Crippen LogP contribution < -0.4 is 21.7 Å². The van der Waals surface area contributed by atoms with Gasteiger partial charge in [-0.25, -0.2) is 0 Å². The molecule has 1 rings (SSSR count). The minimum absolute atomic E-state index is 0.101. The Labute approximate surface area is 99.5 Å². The van der Waals surface area contributed by atoms with E-state index in [0.717, 1.165) is 0 Å². The van der Waals surface area contributed by atoms with Crippen LogP contribution in [0.5, 0.6) is 0 Å². The smallest absolute Gasteiger partial charge is 0.238 e. The number of nitrogens with two attached hydrogens (primary N) is 1. The van der Waals surface area contributed by atoms with Gasteiger partial charge in [-0.2, -0.15) is 0 Å². The number of carbonyl (C=O) groups is 3. The van der Waals surface area contributed by atoms with Gasteiger partial charge >= 0.3 is 0 Å². The number of unbranched alkanes of at least 4 members (excludes halogenated alkanes) is 1. The van der Waals surface area contributed by atoms with Crippen molar-refractivity contribution in [1.82, 2.24) is 16.0 Å². The van der Waals surface area contributed by atoms with Gasteiger partial charge in [0.2, 0.25) is 17.7 Å². The summed E-state index contributed by atoms with van der Waals surface area (Å²) in [4.78, 5) is 32.9. The minimum Gasteiger partial charge on any atom is -0.370 e. The molecule has 0 aromatic rings. The molecule has 0 spiro atoms. The molecule has 0 saturated carbocycles. The number of nitrogens with one attached hydrogen (secondary N) is 3. The Morgan fingerprint density at radius 2 is 2.18 bits per heavy atom. The Morgan fingerprint density at radius 3 is 2.76 bits per heavy atom. The summed E-state index contributed by atoms with van der Waals surface area (Å²) in [5.74, 6) is -0.562. The largest absolute Gasteiger partial charge is 0.370 e. The zero-order chi connectivity index (χ0) is 12.7. The topological polar surface area (TPSA) is 113 Å². The van der Waals surface area contributed by atoms with Crippen LogP contribution in [0.15, 0.2) is 0 Å². The van der Waals surface area contributed by atoms with Crippen molar-refractivity contribution < 1.29 is 14.4 Å². The normalized spacial score (nSPS) is 19.5. The minimum atomic E-state index is -0.371. The van der Waals surface area contributed by atoms with Crippen LogP contribution in [0.25, 0.3) is 0 Å². The monoisotopic (exact) mass is 242 g/mol. The van der Waals surface area contributed by atoms with Crippen molar-refractivity contribution in [3.05, 3.63) is 0 Å². The van der Waals surface area contributed by atoms with Gasteiger partial charge in [0.15, 0.2) is 0 Å². The van der Waals surface area contributed by atoms with Crippen LogP contribution in [0.4, 0.5) is 0 Å². The SMILES string of the molecule is NC(=O)CCCCNC(=O)C1CNC(=O)CN1. The molecule has 7 nitrogen and oxygen atoms in total. The summed E-state index contributed by atoms with van der Waals surface area (Å²) in [6.45, 7) is 0.990. The predicted molar refractivity (Wildman–Crippen MR) is 60.9 cm³/mol. The Balaban J connectivity index is 2.08. The number of hydrogen-bond donors (Lipinski definition) is 4. The summed E-state index contributed by atoms with van der Waals surface area (Å²) in [5.41, 5.74) is 4.99. The Kier molecular flexibility index (Phi) is 5.41. The zero-order valence-electron chi connectivity index (χ0n) is 9.62. The van der Waals surface area contributed by atoms with Gasteiger partial charge in [-0.3, -0.25) is 19.7 Å². The van der Waals surface area contributed by atoms with Crippen molar-refractivity contribution in [2.45, 2.75) is 25.3 Å². The van der Waals surface area contributed by atoms with Crippen LogP contribution in [-0.2, 0) is 14.4 Å². The molecule has 0 aliphatic carbocycles. The lowest BCUT2D eigenvalue weighted by molar-refractivity contribution is -0.126. The van der Waals surface area contributed by atoms with Crippen molar-refractivity contribution in [2.24, 2.45) is 5.73 Å². The summed E-state index contributed by atoms with van der Waals surface area (Å²) >= 11 is 0. The first kappa shape index (κ1) is 13.4. The third-order valence-electron chi connectivity index (χ3n) is 2.48. The average molecular weight is 242 g/mol. The zero-order valence-corrected chi connectivity index (χ0v) is 9.62. The van der Waals surface area contributed by atoms with E-state index in [1.807, 2.05) is 0 Å². The molecular weight excluding hydrogens is 224 g/mol. The van der Waals surface area contributed by atoms with Gasteiger partial charge in [-0.1, -0.05) is 0 Å². The van der Waals surface area contributed by atoms with Crippen molar-refractivity contribution in [3.63, 3.8) is 0 Å². The third-order valence-corrected chi connectivity index (χ3v) is 2.48. The molecule has 7 heteroatoms. The van der Waals surface area contributed by atoms with Crippen LogP contribution in [0.2, 0.25) is 0 Å². The lowest BCUT2D eigenvalue weighted by Gasteiger charge is -2.23. The molecule has 1 saturated heterocycles. The van der Waals surface area contributed by atoms with Crippen LogP contribution in [0.3, 0.4) is 0 Å². The van der Waals surface area contributed by atoms with Crippen molar-refractivity contribution >= 4 is 17.7 Å². The Bertz CT molecular complexity index is 296. The Hall–Kier alpha value is -1.63. The standard InChI is InChI=1S/C10H18N4O3/c11-8(15)3-1-2-4-12-10(17)7-5-14-9(16)6-13-7/h7,13H,1-6H2,(H2,11,15)(H,12,17)(H,14,16). The Morgan fingerprint density at radius 1 is 1.41 bits per heavy atom. The van der Waals surface area contributed by atoms with E-state index in [9.17, 15) is 14.4 Å². The molecule has 0 radical (unpaired) electrons. The number of rotatable bonds is 6. The molecule has 0 aromatic heterocycles. The molecule has 1 atom stereocenters. The first-order valence-corrected chi connectivity index (χ1v) is 5.65. The average Bonchev–Trinajstić information content (AvgIpc) is 2.29. The molecule has 1 heterocycles. The number of carbonyl (C=O) groups excluding carboxylic acids is 3. The first-order chi connectivity index (χ1) is 8.09. The second-order valence-corrected chi connectivity index (χ2v) is 3.95. The van der Waals surface area contributed by atoms with Gasteiger partial charge in [0.25, 0.3) is 0 Å². The molecule has 0 aromatic carbocycles. The molecule has 17 heavy (non-hydrogen) atoms. The van der Waals surface area contributed by atoms with E-state index < -0.39 is 0 Å². The fourth-order valence-electron chi connectivity index (χ4n) is 1.51. The molecule has 96 valence electrons. The van der Waals surface area contributed by atoms with Gasteiger partial charge in [-0.15, -0.1) is 0 Å². The highest BCUT2D eigenvalue weighted by molar-refractivity contribution is 5.86. The summed E-state index contributed by atoms with van der Waals surface area (Å²) in [7, 11) is 0. The van der Waals surface area contributed by atoms with E-state index in [1.54, 1.807) is 0 Å². The molecule has 1 aliphatic rings. The predicted octanol–water partition coefficient (Wildman–Crippen LogP) is -2.15. The van der Waals surface area contributed by atoms with Crippen LogP contribution in [0.1, 0.15) is 19.3 Å². The number of amides is 3. The van der Waals surface area contributed by atoms with E-state index in [1.165, 1.54) is 0 Å². The van der Waals surface area contributed by atoms with E-state index in [0.29, 0.717) is 32.4 Å². The van der Waals surface area contributed by atoms with E-state index >= 15 is 0 Å². The van der Waals surface area contributed by atoms with E-state index in [2.05, 4.69) is 16.0 Å². The maximum absolute atomic E-state index is 11.6. The highest BCUT2D eigenvalue weighted by Gasteiger charge is 2.22. The van der Waals surface area contributed by atoms with Crippen LogP contribution in [-0.4, -0.2) is 43.4 Å². The third kappa shape index (κ3) is 5.30. The lowest BCUT2D eigenvalue weighted by Crippen LogP contribution is -2.58. The molecule has 1 unspecified atom stereocenters.